The van der Waals surface area contributed by atoms with E-state index >= 15 is 0 Å². The Hall–Kier alpha value is -1.24. The largest absolute Gasteiger partial charge is 0.354 e. The van der Waals surface area contributed by atoms with E-state index in [1.165, 1.54) is 11.8 Å². The van der Waals surface area contributed by atoms with Crippen LogP contribution in [-0.2, 0) is 9.59 Å². The van der Waals surface area contributed by atoms with Crippen LogP contribution in [0, 0.1) is 0 Å². The van der Waals surface area contributed by atoms with Crippen LogP contribution in [0.15, 0.2) is 29.2 Å². The number of nitrogens with one attached hydrogen (secondary N) is 1. The van der Waals surface area contributed by atoms with Crippen molar-refractivity contribution >= 4 is 41.7 Å². The SMILES string of the molecule is CC(N)CCNC(=O)CN1C(=O)CSc2ccccc21.Cl. The molecule has 0 aliphatic carbocycles. The molecule has 1 aliphatic heterocycles. The van der Waals surface area contributed by atoms with Crippen molar-refractivity contribution in [1.82, 2.24) is 5.32 Å². The van der Waals surface area contributed by atoms with Gasteiger partial charge in [0.15, 0.2) is 0 Å². The molecule has 1 unspecified atom stereocenters. The molecule has 3 N–H and O–H groups in total. The third kappa shape index (κ3) is 4.91. The molecule has 1 atom stereocenters. The summed E-state index contributed by atoms with van der Waals surface area (Å²) in [5, 5.41) is 2.79. The second-order valence-corrected chi connectivity index (χ2v) is 5.87. The van der Waals surface area contributed by atoms with Crippen LogP contribution >= 0.6 is 24.2 Å². The Morgan fingerprint density at radius 1 is 1.48 bits per heavy atom. The van der Waals surface area contributed by atoms with Crippen LogP contribution in [0.25, 0.3) is 0 Å². The molecule has 0 aromatic heterocycles. The van der Waals surface area contributed by atoms with E-state index in [0.29, 0.717) is 12.3 Å². The summed E-state index contributed by atoms with van der Waals surface area (Å²) >= 11 is 1.51. The van der Waals surface area contributed by atoms with Gasteiger partial charge in [-0.2, -0.15) is 0 Å². The summed E-state index contributed by atoms with van der Waals surface area (Å²) in [5.74, 6) is 0.196. The van der Waals surface area contributed by atoms with Crippen molar-refractivity contribution in [2.45, 2.75) is 24.3 Å². The van der Waals surface area contributed by atoms with Gasteiger partial charge < -0.3 is 16.0 Å². The second-order valence-electron chi connectivity index (χ2n) is 4.85. The average molecular weight is 330 g/mol. The Morgan fingerprint density at radius 3 is 2.90 bits per heavy atom. The summed E-state index contributed by atoms with van der Waals surface area (Å²) in [7, 11) is 0. The number of benzene rings is 1. The van der Waals surface area contributed by atoms with Crippen LogP contribution in [-0.4, -0.2) is 36.7 Å². The summed E-state index contributed by atoms with van der Waals surface area (Å²) in [6.07, 6.45) is 0.728. The van der Waals surface area contributed by atoms with Crippen molar-refractivity contribution in [3.63, 3.8) is 0 Å². The Bertz CT molecular complexity index is 511. The fourth-order valence-corrected chi connectivity index (χ4v) is 2.90. The van der Waals surface area contributed by atoms with Gasteiger partial charge >= 0.3 is 0 Å². The molecule has 5 nitrogen and oxygen atoms in total. The van der Waals surface area contributed by atoms with Crippen molar-refractivity contribution in [2.75, 3.05) is 23.7 Å². The quantitative estimate of drug-likeness (QED) is 0.856. The lowest BCUT2D eigenvalue weighted by molar-refractivity contribution is -0.123. The van der Waals surface area contributed by atoms with Gasteiger partial charge in [-0.25, -0.2) is 0 Å². The summed E-state index contributed by atoms with van der Waals surface area (Å²) < 4.78 is 0. The fraction of sp³-hybridized carbons (Fsp3) is 0.429. The third-order valence-electron chi connectivity index (χ3n) is 3.03. The minimum atomic E-state index is -0.152. The average Bonchev–Trinajstić information content (AvgIpc) is 2.41. The molecule has 116 valence electrons. The number of amides is 2. The number of hydrogen-bond acceptors (Lipinski definition) is 4. The number of halogens is 1. The number of nitrogens with zero attached hydrogens (tertiary/aromatic N) is 1. The van der Waals surface area contributed by atoms with Crippen molar-refractivity contribution in [3.05, 3.63) is 24.3 Å². The van der Waals surface area contributed by atoms with Crippen LogP contribution in [0.5, 0.6) is 0 Å². The first-order valence-electron chi connectivity index (χ1n) is 6.62. The zero-order chi connectivity index (χ0) is 14.5. The first-order valence-corrected chi connectivity index (χ1v) is 7.61. The van der Waals surface area contributed by atoms with Crippen molar-refractivity contribution in [2.24, 2.45) is 5.73 Å². The standard InChI is InChI=1S/C14H19N3O2S.ClH/c1-10(15)6-7-16-13(18)8-17-11-4-2-3-5-12(11)20-9-14(17)19;/h2-5,10H,6-9,15H2,1H3,(H,16,18);1H. The highest BCUT2D eigenvalue weighted by Gasteiger charge is 2.25. The minimum absolute atomic E-state index is 0. The summed E-state index contributed by atoms with van der Waals surface area (Å²) in [5.41, 5.74) is 6.45. The predicted molar refractivity (Wildman–Crippen MR) is 88.0 cm³/mol. The number of anilines is 1. The number of carbonyl (C=O) groups is 2. The molecule has 2 rings (SSSR count). The van der Waals surface area contributed by atoms with Crippen LogP contribution in [0.2, 0.25) is 0 Å². The normalized spacial score (nSPS) is 15.0. The van der Waals surface area contributed by atoms with Gasteiger partial charge in [-0.05, 0) is 25.5 Å². The molecule has 7 heteroatoms. The number of fused-ring (bicyclic) bond motifs is 1. The molecule has 1 aromatic rings. The van der Waals surface area contributed by atoms with E-state index in [2.05, 4.69) is 5.32 Å². The molecule has 0 bridgehead atoms. The lowest BCUT2D eigenvalue weighted by Gasteiger charge is -2.28. The van der Waals surface area contributed by atoms with Gasteiger partial charge in [0.25, 0.3) is 0 Å². The molecule has 0 saturated heterocycles. The van der Waals surface area contributed by atoms with Gasteiger partial charge in [-0.15, -0.1) is 24.2 Å². The Kier molecular flexibility index (Phi) is 7.01. The second kappa shape index (κ2) is 8.26. The Morgan fingerprint density at radius 2 is 2.19 bits per heavy atom. The molecule has 0 saturated carbocycles. The smallest absolute Gasteiger partial charge is 0.240 e. The number of nitrogens with two attached hydrogens (primary N) is 1. The summed E-state index contributed by atoms with van der Waals surface area (Å²) in [6.45, 7) is 2.50. The van der Waals surface area contributed by atoms with Gasteiger partial charge in [0.1, 0.15) is 6.54 Å². The molecule has 1 aliphatic rings. The monoisotopic (exact) mass is 329 g/mol. The highest BCUT2D eigenvalue weighted by atomic mass is 35.5. The van der Waals surface area contributed by atoms with Crippen molar-refractivity contribution < 1.29 is 9.59 Å². The molecule has 0 fully saturated rings. The number of hydrogen-bond donors (Lipinski definition) is 2. The number of thioether (sulfide) groups is 1. The van der Waals surface area contributed by atoms with Crippen molar-refractivity contribution in [1.29, 1.82) is 0 Å². The van der Waals surface area contributed by atoms with Crippen LogP contribution in [0.4, 0.5) is 5.69 Å². The highest BCUT2D eigenvalue weighted by Crippen LogP contribution is 2.34. The lowest BCUT2D eigenvalue weighted by atomic mass is 10.2. The zero-order valence-electron chi connectivity index (χ0n) is 11.9. The van der Waals surface area contributed by atoms with Gasteiger partial charge in [0, 0.05) is 17.5 Å². The predicted octanol–water partition coefficient (Wildman–Crippen LogP) is 1.40. The fourth-order valence-electron chi connectivity index (χ4n) is 1.97. The first kappa shape index (κ1) is 17.8. The molecule has 1 heterocycles. The molecule has 0 radical (unpaired) electrons. The van der Waals surface area contributed by atoms with E-state index in [9.17, 15) is 9.59 Å². The maximum Gasteiger partial charge on any atom is 0.240 e. The van der Waals surface area contributed by atoms with Crippen molar-refractivity contribution in [3.8, 4) is 0 Å². The molecular formula is C14H20ClN3O2S. The van der Waals surface area contributed by atoms with Gasteiger partial charge in [0.05, 0.1) is 11.4 Å². The van der Waals surface area contributed by atoms with E-state index in [4.69, 9.17) is 5.73 Å². The van der Waals surface area contributed by atoms with Crippen LogP contribution in [0.3, 0.4) is 0 Å². The molecular weight excluding hydrogens is 310 g/mol. The first-order chi connectivity index (χ1) is 9.58. The van der Waals surface area contributed by atoms with E-state index in [-0.39, 0.29) is 36.8 Å². The number of rotatable bonds is 5. The maximum atomic E-state index is 12.0. The molecule has 2 amide bonds. The van der Waals surface area contributed by atoms with Gasteiger partial charge in [-0.3, -0.25) is 9.59 Å². The lowest BCUT2D eigenvalue weighted by Crippen LogP contribution is -2.43. The van der Waals surface area contributed by atoms with E-state index < -0.39 is 0 Å². The van der Waals surface area contributed by atoms with E-state index in [1.807, 2.05) is 31.2 Å². The van der Waals surface area contributed by atoms with E-state index in [0.717, 1.165) is 17.0 Å². The number of carbonyl (C=O) groups excluding carboxylic acids is 2. The third-order valence-corrected chi connectivity index (χ3v) is 4.08. The molecule has 21 heavy (non-hydrogen) atoms. The summed E-state index contributed by atoms with van der Waals surface area (Å²) in [4.78, 5) is 26.5. The van der Waals surface area contributed by atoms with Crippen LogP contribution in [0.1, 0.15) is 13.3 Å². The molecule has 0 spiro atoms. The Balaban J connectivity index is 0.00000220. The minimum Gasteiger partial charge on any atom is -0.354 e. The number of para-hydroxylation sites is 1. The van der Waals surface area contributed by atoms with Crippen LogP contribution < -0.4 is 16.0 Å². The summed E-state index contributed by atoms with van der Waals surface area (Å²) in [6, 6.07) is 7.70. The maximum absolute atomic E-state index is 12.0. The van der Waals surface area contributed by atoms with Gasteiger partial charge in [-0.1, -0.05) is 12.1 Å². The van der Waals surface area contributed by atoms with Gasteiger partial charge in [0.2, 0.25) is 11.8 Å². The molecule has 1 aromatic carbocycles. The zero-order valence-corrected chi connectivity index (χ0v) is 13.5. The highest BCUT2D eigenvalue weighted by molar-refractivity contribution is 8.00. The van der Waals surface area contributed by atoms with E-state index in [1.54, 1.807) is 4.90 Å². The Labute approximate surface area is 135 Å². The topological polar surface area (TPSA) is 75.4 Å².